The number of nitrogens with zero attached hydrogens (tertiary/aromatic N) is 4. The fourth-order valence-electron chi connectivity index (χ4n) is 1.45. The average molecular weight is 294 g/mol. The van der Waals surface area contributed by atoms with E-state index in [1.807, 2.05) is 19.1 Å². The SMILES string of the molecule is CC(S)CC(=O)N(C)c1nnc(-c2cccnc2)s1. The quantitative estimate of drug-likeness (QED) is 0.879. The zero-order valence-electron chi connectivity index (χ0n) is 10.6. The Bertz CT molecular complexity index is 556. The summed E-state index contributed by atoms with van der Waals surface area (Å²) in [5.41, 5.74) is 0.898. The molecular weight excluding hydrogens is 280 g/mol. The van der Waals surface area contributed by atoms with Crippen LogP contribution < -0.4 is 4.90 Å². The molecule has 0 aliphatic heterocycles. The molecule has 0 aliphatic rings. The summed E-state index contributed by atoms with van der Waals surface area (Å²) in [6.45, 7) is 1.88. The lowest BCUT2D eigenvalue weighted by molar-refractivity contribution is -0.118. The second-order valence-electron chi connectivity index (χ2n) is 4.14. The number of thiol groups is 1. The van der Waals surface area contributed by atoms with E-state index in [1.165, 1.54) is 16.2 Å². The van der Waals surface area contributed by atoms with Crippen molar-refractivity contribution in [1.29, 1.82) is 0 Å². The predicted molar refractivity (Wildman–Crippen MR) is 79.6 cm³/mol. The van der Waals surface area contributed by atoms with E-state index in [0.717, 1.165) is 10.6 Å². The first kappa shape index (κ1) is 14.0. The van der Waals surface area contributed by atoms with Gasteiger partial charge < -0.3 is 0 Å². The van der Waals surface area contributed by atoms with Gasteiger partial charge in [-0.2, -0.15) is 12.6 Å². The van der Waals surface area contributed by atoms with Crippen LogP contribution in [0.4, 0.5) is 5.13 Å². The monoisotopic (exact) mass is 294 g/mol. The summed E-state index contributed by atoms with van der Waals surface area (Å²) in [4.78, 5) is 17.5. The molecule has 0 fully saturated rings. The third-order valence-corrected chi connectivity index (χ3v) is 3.69. The van der Waals surface area contributed by atoms with Crippen LogP contribution in [0.1, 0.15) is 13.3 Å². The molecule has 0 saturated heterocycles. The summed E-state index contributed by atoms with van der Waals surface area (Å²) in [6.07, 6.45) is 3.80. The van der Waals surface area contributed by atoms with Crippen LogP contribution in [0.2, 0.25) is 0 Å². The smallest absolute Gasteiger partial charge is 0.229 e. The van der Waals surface area contributed by atoms with Crippen molar-refractivity contribution in [2.24, 2.45) is 0 Å². The largest absolute Gasteiger partial charge is 0.290 e. The third kappa shape index (κ3) is 3.51. The molecule has 5 nitrogen and oxygen atoms in total. The molecule has 0 spiro atoms. The van der Waals surface area contributed by atoms with E-state index in [4.69, 9.17) is 0 Å². The molecule has 0 bridgehead atoms. The second kappa shape index (κ2) is 6.12. The molecule has 2 rings (SSSR count). The summed E-state index contributed by atoms with van der Waals surface area (Å²) in [7, 11) is 1.70. The molecule has 7 heteroatoms. The van der Waals surface area contributed by atoms with Crippen molar-refractivity contribution in [3.63, 3.8) is 0 Å². The normalized spacial score (nSPS) is 12.2. The lowest BCUT2D eigenvalue weighted by Crippen LogP contribution is -2.27. The van der Waals surface area contributed by atoms with Crippen LogP contribution in [0.25, 0.3) is 10.6 Å². The first-order chi connectivity index (χ1) is 9.08. The molecule has 2 heterocycles. The Kier molecular flexibility index (Phi) is 4.49. The van der Waals surface area contributed by atoms with E-state index in [1.54, 1.807) is 19.4 Å². The number of anilines is 1. The highest BCUT2D eigenvalue weighted by atomic mass is 32.1. The fraction of sp³-hybridized carbons (Fsp3) is 0.333. The molecule has 0 N–H and O–H groups in total. The highest BCUT2D eigenvalue weighted by molar-refractivity contribution is 7.80. The zero-order chi connectivity index (χ0) is 13.8. The Morgan fingerprint density at radius 1 is 1.53 bits per heavy atom. The van der Waals surface area contributed by atoms with Gasteiger partial charge in [-0.25, -0.2) is 0 Å². The number of pyridine rings is 1. The molecule has 1 atom stereocenters. The van der Waals surface area contributed by atoms with E-state index >= 15 is 0 Å². The molecule has 1 amide bonds. The van der Waals surface area contributed by atoms with Crippen LogP contribution in [0.3, 0.4) is 0 Å². The van der Waals surface area contributed by atoms with Gasteiger partial charge in [0.05, 0.1) is 0 Å². The van der Waals surface area contributed by atoms with Crippen LogP contribution in [-0.2, 0) is 4.79 Å². The molecule has 2 aromatic heterocycles. The van der Waals surface area contributed by atoms with Crippen molar-refractivity contribution in [3.8, 4) is 10.6 Å². The molecule has 2 aromatic rings. The van der Waals surface area contributed by atoms with Gasteiger partial charge in [0.1, 0.15) is 0 Å². The standard InChI is InChI=1S/C12H14N4OS2/c1-8(18)6-10(17)16(2)12-15-14-11(19-12)9-4-3-5-13-7-9/h3-5,7-8,18H,6H2,1-2H3. The number of aromatic nitrogens is 3. The molecule has 0 aliphatic carbocycles. The lowest BCUT2D eigenvalue weighted by Gasteiger charge is -2.13. The van der Waals surface area contributed by atoms with Gasteiger partial charge in [-0.05, 0) is 12.1 Å². The number of hydrogen-bond donors (Lipinski definition) is 1. The van der Waals surface area contributed by atoms with E-state index in [2.05, 4.69) is 27.8 Å². The minimum atomic E-state index is -0.0172. The number of carbonyl (C=O) groups is 1. The third-order valence-electron chi connectivity index (χ3n) is 2.45. The fourth-order valence-corrected chi connectivity index (χ4v) is 2.42. The van der Waals surface area contributed by atoms with E-state index in [9.17, 15) is 4.79 Å². The van der Waals surface area contributed by atoms with Gasteiger partial charge in [-0.3, -0.25) is 14.7 Å². The minimum Gasteiger partial charge on any atom is -0.290 e. The van der Waals surface area contributed by atoms with Crippen LogP contribution in [0.15, 0.2) is 24.5 Å². The van der Waals surface area contributed by atoms with Crippen molar-refractivity contribution in [2.75, 3.05) is 11.9 Å². The Morgan fingerprint density at radius 2 is 2.32 bits per heavy atom. The Balaban J connectivity index is 2.15. The first-order valence-electron chi connectivity index (χ1n) is 5.76. The summed E-state index contributed by atoms with van der Waals surface area (Å²) < 4.78 is 0. The maximum atomic E-state index is 11.9. The number of rotatable bonds is 4. The molecule has 0 radical (unpaired) electrons. The van der Waals surface area contributed by atoms with E-state index < -0.39 is 0 Å². The maximum absolute atomic E-state index is 11.9. The molecular formula is C12H14N4OS2. The van der Waals surface area contributed by atoms with Crippen LogP contribution in [0, 0.1) is 0 Å². The summed E-state index contributed by atoms with van der Waals surface area (Å²) in [5, 5.41) is 9.49. The van der Waals surface area contributed by atoms with Gasteiger partial charge in [-0.15, -0.1) is 10.2 Å². The summed E-state index contributed by atoms with van der Waals surface area (Å²) in [6, 6.07) is 3.75. The summed E-state index contributed by atoms with van der Waals surface area (Å²) >= 11 is 5.59. The topological polar surface area (TPSA) is 59.0 Å². The Morgan fingerprint density at radius 3 is 2.95 bits per heavy atom. The van der Waals surface area contributed by atoms with Crippen molar-refractivity contribution in [3.05, 3.63) is 24.5 Å². The van der Waals surface area contributed by atoms with Crippen LogP contribution in [0.5, 0.6) is 0 Å². The van der Waals surface area contributed by atoms with Crippen molar-refractivity contribution < 1.29 is 4.79 Å². The predicted octanol–water partition coefficient (Wildman–Crippen LogP) is 2.27. The highest BCUT2D eigenvalue weighted by Gasteiger charge is 2.17. The molecule has 0 saturated carbocycles. The lowest BCUT2D eigenvalue weighted by atomic mass is 10.3. The van der Waals surface area contributed by atoms with Gasteiger partial charge in [0.2, 0.25) is 11.0 Å². The van der Waals surface area contributed by atoms with Gasteiger partial charge >= 0.3 is 0 Å². The maximum Gasteiger partial charge on any atom is 0.229 e. The number of amides is 1. The van der Waals surface area contributed by atoms with Crippen molar-refractivity contribution >= 4 is 35.0 Å². The van der Waals surface area contributed by atoms with Crippen molar-refractivity contribution in [2.45, 2.75) is 18.6 Å². The van der Waals surface area contributed by atoms with E-state index in [0.29, 0.717) is 11.6 Å². The Labute approximate surface area is 121 Å². The first-order valence-corrected chi connectivity index (χ1v) is 7.09. The molecule has 0 aromatic carbocycles. The molecule has 100 valence electrons. The Hall–Kier alpha value is -1.47. The molecule has 1 unspecified atom stereocenters. The minimum absolute atomic E-state index is 0.0172. The van der Waals surface area contributed by atoms with Gasteiger partial charge in [0, 0.05) is 36.7 Å². The second-order valence-corrected chi connectivity index (χ2v) is 5.97. The van der Waals surface area contributed by atoms with Crippen molar-refractivity contribution in [1.82, 2.24) is 15.2 Å². The number of carbonyl (C=O) groups excluding carboxylic acids is 1. The molecule has 19 heavy (non-hydrogen) atoms. The highest BCUT2D eigenvalue weighted by Crippen LogP contribution is 2.27. The summed E-state index contributed by atoms with van der Waals surface area (Å²) in [5.74, 6) is -0.0172. The van der Waals surface area contributed by atoms with E-state index in [-0.39, 0.29) is 11.2 Å². The van der Waals surface area contributed by atoms with Gasteiger partial charge in [0.15, 0.2) is 5.01 Å². The zero-order valence-corrected chi connectivity index (χ0v) is 12.4. The van der Waals surface area contributed by atoms with Crippen LogP contribution in [-0.4, -0.2) is 33.4 Å². The van der Waals surface area contributed by atoms with Gasteiger partial charge in [0.25, 0.3) is 0 Å². The average Bonchev–Trinajstić information content (AvgIpc) is 2.87. The number of hydrogen-bond acceptors (Lipinski definition) is 6. The van der Waals surface area contributed by atoms with Gasteiger partial charge in [-0.1, -0.05) is 18.3 Å². The van der Waals surface area contributed by atoms with Crippen LogP contribution >= 0.6 is 24.0 Å².